The number of hydrogen-bond acceptors (Lipinski definition) is 5. The number of aliphatic hydroxyl groups is 2. The monoisotopic (exact) mass is 442 g/mol. The van der Waals surface area contributed by atoms with Gasteiger partial charge < -0.3 is 10.2 Å². The van der Waals surface area contributed by atoms with Crippen molar-refractivity contribution in [1.82, 2.24) is 0 Å². The quantitative estimate of drug-likeness (QED) is 0.250. The van der Waals surface area contributed by atoms with Crippen molar-refractivity contribution < 1.29 is 24.8 Å². The molecule has 1 unspecified atom stereocenters. The first kappa shape index (κ1) is 27.6. The molecule has 0 saturated carbocycles. The lowest BCUT2D eigenvalue weighted by Gasteiger charge is -2.26. The molecule has 5 heteroatoms. The standard InChI is InChI=1S/C16H14O3.C11H24O2/c17-16(12-11-14-7-3-1-4-8-14)19-18-13-15-9-5-2-6-10-15;1-4-7-8-9(10(12)5-2)11(13)6-3/h1-12H,13H2;9-13H,4-8H2,1-3H3/t;9?,10-,11+. The van der Waals surface area contributed by atoms with Crippen LogP contribution in [0.3, 0.4) is 0 Å². The summed E-state index contributed by atoms with van der Waals surface area (Å²) in [6.07, 6.45) is 7.00. The number of benzene rings is 2. The van der Waals surface area contributed by atoms with Gasteiger partial charge in [0.15, 0.2) is 0 Å². The molecule has 0 fully saturated rings. The predicted octanol–water partition coefficient (Wildman–Crippen LogP) is 5.71. The highest BCUT2D eigenvalue weighted by Crippen LogP contribution is 2.21. The summed E-state index contributed by atoms with van der Waals surface area (Å²) < 4.78 is 0. The predicted molar refractivity (Wildman–Crippen MR) is 128 cm³/mol. The summed E-state index contributed by atoms with van der Waals surface area (Å²) in [5, 5.41) is 19.4. The molecule has 0 heterocycles. The number of unbranched alkanes of at least 4 members (excludes halogenated alkanes) is 1. The van der Waals surface area contributed by atoms with Crippen LogP contribution in [0.2, 0.25) is 0 Å². The van der Waals surface area contributed by atoms with Gasteiger partial charge in [-0.3, -0.25) is 4.89 Å². The maximum Gasteiger partial charge on any atom is 0.365 e. The fourth-order valence-corrected chi connectivity index (χ4v) is 3.17. The number of aliphatic hydroxyl groups excluding tert-OH is 2. The Bertz CT molecular complexity index is 735. The van der Waals surface area contributed by atoms with E-state index in [0.717, 1.165) is 43.2 Å². The highest BCUT2D eigenvalue weighted by Gasteiger charge is 2.23. The third kappa shape index (κ3) is 11.8. The van der Waals surface area contributed by atoms with Gasteiger partial charge in [-0.1, -0.05) is 94.3 Å². The van der Waals surface area contributed by atoms with E-state index in [1.54, 1.807) is 6.08 Å². The maximum absolute atomic E-state index is 11.4. The minimum atomic E-state index is -0.528. The summed E-state index contributed by atoms with van der Waals surface area (Å²) in [5.41, 5.74) is 1.88. The van der Waals surface area contributed by atoms with Crippen LogP contribution in [0.5, 0.6) is 0 Å². The Morgan fingerprint density at radius 3 is 2.00 bits per heavy atom. The van der Waals surface area contributed by atoms with Gasteiger partial charge >= 0.3 is 5.97 Å². The lowest BCUT2D eigenvalue weighted by atomic mass is 9.88. The molecule has 32 heavy (non-hydrogen) atoms. The van der Waals surface area contributed by atoms with Gasteiger partial charge in [0.1, 0.15) is 6.61 Å². The average Bonchev–Trinajstić information content (AvgIpc) is 2.84. The van der Waals surface area contributed by atoms with Crippen LogP contribution in [-0.2, 0) is 21.2 Å². The molecule has 0 amide bonds. The molecule has 0 aliphatic carbocycles. The molecule has 0 spiro atoms. The molecular formula is C27H38O5. The Hall–Kier alpha value is -2.47. The highest BCUT2D eigenvalue weighted by molar-refractivity contribution is 5.86. The molecule has 5 nitrogen and oxygen atoms in total. The molecule has 2 N–H and O–H groups in total. The average molecular weight is 443 g/mol. The molecule has 176 valence electrons. The van der Waals surface area contributed by atoms with Crippen LogP contribution in [0.15, 0.2) is 66.7 Å². The van der Waals surface area contributed by atoms with E-state index >= 15 is 0 Å². The van der Waals surface area contributed by atoms with Gasteiger partial charge in [0.25, 0.3) is 0 Å². The SMILES string of the molecule is CCCCC([C@H](O)CC)[C@@H](O)CC.O=C(C=Cc1ccccc1)OOCc1ccccc1. The molecule has 0 bridgehead atoms. The van der Waals surface area contributed by atoms with E-state index in [2.05, 4.69) is 11.8 Å². The molecule has 0 aliphatic rings. The maximum atomic E-state index is 11.4. The van der Waals surface area contributed by atoms with Crippen molar-refractivity contribution in [2.45, 2.75) is 71.7 Å². The Kier molecular flexibility index (Phi) is 14.8. The second-order valence-electron chi connectivity index (χ2n) is 7.65. The largest absolute Gasteiger partial charge is 0.393 e. The minimum Gasteiger partial charge on any atom is -0.393 e. The summed E-state index contributed by atoms with van der Waals surface area (Å²) >= 11 is 0. The second kappa shape index (κ2) is 17.1. The molecule has 0 aliphatic heterocycles. The first-order valence-corrected chi connectivity index (χ1v) is 11.5. The number of carbonyl (C=O) groups is 1. The fraction of sp³-hybridized carbons (Fsp3) is 0.444. The van der Waals surface area contributed by atoms with Crippen molar-refractivity contribution >= 4 is 12.0 Å². The second-order valence-corrected chi connectivity index (χ2v) is 7.65. The normalized spacial score (nSPS) is 13.7. The molecule has 0 saturated heterocycles. The van der Waals surface area contributed by atoms with E-state index in [1.165, 1.54) is 6.08 Å². The zero-order valence-electron chi connectivity index (χ0n) is 19.5. The molecule has 0 radical (unpaired) electrons. The third-order valence-corrected chi connectivity index (χ3v) is 5.14. The highest BCUT2D eigenvalue weighted by atomic mass is 17.2. The van der Waals surface area contributed by atoms with Crippen LogP contribution in [0.1, 0.15) is 64.0 Å². The summed E-state index contributed by atoms with van der Waals surface area (Å²) in [7, 11) is 0. The molecule has 3 atom stereocenters. The van der Waals surface area contributed by atoms with Crippen molar-refractivity contribution in [1.29, 1.82) is 0 Å². The van der Waals surface area contributed by atoms with Crippen molar-refractivity contribution in [2.24, 2.45) is 5.92 Å². The van der Waals surface area contributed by atoms with E-state index < -0.39 is 5.97 Å². The van der Waals surface area contributed by atoms with Crippen molar-refractivity contribution in [3.8, 4) is 0 Å². The number of hydrogen-bond donors (Lipinski definition) is 2. The zero-order valence-corrected chi connectivity index (χ0v) is 19.5. The van der Waals surface area contributed by atoms with Crippen LogP contribution < -0.4 is 0 Å². The third-order valence-electron chi connectivity index (χ3n) is 5.14. The smallest absolute Gasteiger partial charge is 0.365 e. The zero-order chi connectivity index (χ0) is 23.6. The minimum absolute atomic E-state index is 0.0787. The van der Waals surface area contributed by atoms with Gasteiger partial charge in [-0.2, -0.15) is 4.89 Å². The molecule has 2 aromatic rings. The van der Waals surface area contributed by atoms with Crippen molar-refractivity contribution in [2.75, 3.05) is 0 Å². The number of rotatable bonds is 12. The van der Waals surface area contributed by atoms with Gasteiger partial charge in [0, 0.05) is 12.0 Å². The molecule has 0 aromatic heterocycles. The van der Waals surface area contributed by atoms with E-state index in [0.29, 0.717) is 0 Å². The molecule has 2 rings (SSSR count). The van der Waals surface area contributed by atoms with Gasteiger partial charge in [-0.25, -0.2) is 4.79 Å². The van der Waals surface area contributed by atoms with Crippen LogP contribution in [0, 0.1) is 5.92 Å². The summed E-state index contributed by atoms with van der Waals surface area (Å²) in [5.74, 6) is -0.449. The van der Waals surface area contributed by atoms with E-state index in [-0.39, 0.29) is 24.7 Å². The van der Waals surface area contributed by atoms with Crippen molar-refractivity contribution in [3.63, 3.8) is 0 Å². The lowest BCUT2D eigenvalue weighted by Crippen LogP contribution is -2.31. The Balaban J connectivity index is 0.000000347. The van der Waals surface area contributed by atoms with E-state index in [1.807, 2.05) is 74.5 Å². The Labute approximate surface area is 192 Å². The van der Waals surface area contributed by atoms with Gasteiger partial charge in [-0.05, 0) is 36.5 Å². The summed E-state index contributed by atoms with van der Waals surface area (Å²) in [6, 6.07) is 19.0. The first-order chi connectivity index (χ1) is 15.5. The first-order valence-electron chi connectivity index (χ1n) is 11.5. The molecule has 2 aromatic carbocycles. The summed E-state index contributed by atoms with van der Waals surface area (Å²) in [4.78, 5) is 20.9. The Morgan fingerprint density at radius 1 is 0.906 bits per heavy atom. The van der Waals surface area contributed by atoms with E-state index in [9.17, 15) is 15.0 Å². The van der Waals surface area contributed by atoms with Crippen LogP contribution >= 0.6 is 0 Å². The van der Waals surface area contributed by atoms with Crippen LogP contribution in [0.4, 0.5) is 0 Å². The fourth-order valence-electron chi connectivity index (χ4n) is 3.17. The van der Waals surface area contributed by atoms with Gasteiger partial charge in [0.05, 0.1) is 12.2 Å². The Morgan fingerprint density at radius 2 is 1.47 bits per heavy atom. The van der Waals surface area contributed by atoms with Crippen molar-refractivity contribution in [3.05, 3.63) is 77.9 Å². The van der Waals surface area contributed by atoms with E-state index in [4.69, 9.17) is 4.89 Å². The van der Waals surface area contributed by atoms with Gasteiger partial charge in [-0.15, -0.1) is 0 Å². The van der Waals surface area contributed by atoms with Crippen LogP contribution in [0.25, 0.3) is 6.08 Å². The van der Waals surface area contributed by atoms with Crippen LogP contribution in [-0.4, -0.2) is 28.4 Å². The molecular weight excluding hydrogens is 404 g/mol. The summed E-state index contributed by atoms with van der Waals surface area (Å²) in [6.45, 7) is 6.30. The lowest BCUT2D eigenvalue weighted by molar-refractivity contribution is -0.275. The van der Waals surface area contributed by atoms with Gasteiger partial charge in [0.2, 0.25) is 0 Å². The number of carbonyl (C=O) groups excluding carboxylic acids is 1. The topological polar surface area (TPSA) is 76.0 Å².